The quantitative estimate of drug-likeness (QED) is 0.753. The minimum atomic E-state index is -1.14. The van der Waals surface area contributed by atoms with Gasteiger partial charge in [-0.1, -0.05) is 0 Å². The van der Waals surface area contributed by atoms with Crippen LogP contribution in [-0.2, 0) is 14.4 Å². The van der Waals surface area contributed by atoms with Crippen molar-refractivity contribution in [2.75, 3.05) is 18.0 Å². The maximum Gasteiger partial charge on any atom is 0.262 e. The Morgan fingerprint density at radius 3 is 2.31 bits per heavy atom. The molecular weight excluding hydrogens is 338 g/mol. The van der Waals surface area contributed by atoms with Gasteiger partial charge >= 0.3 is 0 Å². The van der Waals surface area contributed by atoms with Crippen LogP contribution in [0.25, 0.3) is 0 Å². The van der Waals surface area contributed by atoms with Crippen LogP contribution in [-0.4, -0.2) is 53.4 Å². The van der Waals surface area contributed by atoms with Crippen LogP contribution in [0.2, 0.25) is 0 Å². The van der Waals surface area contributed by atoms with Crippen LogP contribution >= 0.6 is 0 Å². The number of anilines is 1. The molecule has 0 saturated carbocycles. The summed E-state index contributed by atoms with van der Waals surface area (Å²) in [5, 5.41) is 2.09. The fraction of sp³-hybridized carbons (Fsp3) is 0.278. The number of rotatable bonds is 2. The second kappa shape index (κ2) is 5.91. The number of ketones is 1. The summed E-state index contributed by atoms with van der Waals surface area (Å²) in [7, 11) is 0. The lowest BCUT2D eigenvalue weighted by molar-refractivity contribution is -0.130. The first-order valence-electron chi connectivity index (χ1n) is 8.27. The van der Waals surface area contributed by atoms with E-state index in [1.165, 1.54) is 6.08 Å². The molecule has 1 aromatic carbocycles. The molecular formula is C18H15N3O5. The number of hydrogen-bond donors (Lipinski definition) is 1. The number of benzene rings is 1. The van der Waals surface area contributed by atoms with Crippen LogP contribution < -0.4 is 10.2 Å². The predicted octanol–water partition coefficient (Wildman–Crippen LogP) is 0.0331. The molecule has 1 fully saturated rings. The number of amides is 4. The van der Waals surface area contributed by atoms with Gasteiger partial charge in [-0.3, -0.25) is 34.2 Å². The lowest BCUT2D eigenvalue weighted by Gasteiger charge is -2.28. The normalized spacial score (nSPS) is 22.8. The van der Waals surface area contributed by atoms with Crippen molar-refractivity contribution in [2.45, 2.75) is 18.9 Å². The van der Waals surface area contributed by atoms with Crippen LogP contribution in [0.5, 0.6) is 0 Å². The van der Waals surface area contributed by atoms with Crippen molar-refractivity contribution in [1.29, 1.82) is 0 Å². The molecule has 3 aliphatic heterocycles. The molecule has 0 spiro atoms. The van der Waals surface area contributed by atoms with Crippen molar-refractivity contribution in [3.63, 3.8) is 0 Å². The van der Waals surface area contributed by atoms with Crippen molar-refractivity contribution in [1.82, 2.24) is 10.2 Å². The first-order chi connectivity index (χ1) is 12.5. The van der Waals surface area contributed by atoms with E-state index in [2.05, 4.69) is 5.32 Å². The Hall–Kier alpha value is -3.29. The van der Waals surface area contributed by atoms with Gasteiger partial charge in [0.1, 0.15) is 11.8 Å². The summed E-state index contributed by atoms with van der Waals surface area (Å²) in [5.41, 5.74) is 1.21. The number of Topliss-reactive ketones (excluding diaryl/α,β-unsaturated/α-hetero) is 1. The average Bonchev–Trinajstić information content (AvgIpc) is 2.87. The zero-order chi connectivity index (χ0) is 18.4. The van der Waals surface area contributed by atoms with E-state index in [9.17, 15) is 24.0 Å². The second-order valence-electron chi connectivity index (χ2n) is 6.39. The zero-order valence-electron chi connectivity index (χ0n) is 13.7. The third-order valence-electron chi connectivity index (χ3n) is 4.81. The molecule has 3 heterocycles. The standard InChI is InChI=1S/C18H15N3O5/c22-11-5-7-20(8-6-11)10-1-2-12-13(9-10)18(26)21(17(12)25)14-3-4-15(23)19-16(14)24/h1-4,9,14H,5-8H2,(H,19,23,24). The highest BCUT2D eigenvalue weighted by Crippen LogP contribution is 2.30. The Kier molecular flexibility index (Phi) is 3.68. The molecule has 0 aromatic heterocycles. The highest BCUT2D eigenvalue weighted by Gasteiger charge is 2.43. The third-order valence-corrected chi connectivity index (χ3v) is 4.81. The van der Waals surface area contributed by atoms with E-state index in [1.807, 2.05) is 4.90 Å². The number of fused-ring (bicyclic) bond motifs is 1. The fourth-order valence-electron chi connectivity index (χ4n) is 3.42. The van der Waals surface area contributed by atoms with Gasteiger partial charge in [-0.25, -0.2) is 0 Å². The molecule has 1 saturated heterocycles. The van der Waals surface area contributed by atoms with E-state index in [1.54, 1.807) is 18.2 Å². The predicted molar refractivity (Wildman–Crippen MR) is 89.5 cm³/mol. The minimum absolute atomic E-state index is 0.212. The Balaban J connectivity index is 1.64. The Bertz CT molecular complexity index is 894. The molecule has 8 nitrogen and oxygen atoms in total. The number of carbonyl (C=O) groups excluding carboxylic acids is 5. The molecule has 1 N–H and O–H groups in total. The van der Waals surface area contributed by atoms with Crippen molar-refractivity contribution in [2.24, 2.45) is 0 Å². The summed E-state index contributed by atoms with van der Waals surface area (Å²) >= 11 is 0. The largest absolute Gasteiger partial charge is 0.371 e. The van der Waals surface area contributed by atoms with E-state index in [4.69, 9.17) is 0 Å². The Morgan fingerprint density at radius 2 is 1.62 bits per heavy atom. The Morgan fingerprint density at radius 1 is 0.923 bits per heavy atom. The van der Waals surface area contributed by atoms with Gasteiger partial charge in [0.25, 0.3) is 17.7 Å². The monoisotopic (exact) mass is 353 g/mol. The molecule has 0 radical (unpaired) electrons. The van der Waals surface area contributed by atoms with Gasteiger partial charge in [0.2, 0.25) is 5.91 Å². The van der Waals surface area contributed by atoms with Crippen LogP contribution in [0.4, 0.5) is 5.69 Å². The molecule has 26 heavy (non-hydrogen) atoms. The number of imide groups is 2. The van der Waals surface area contributed by atoms with Gasteiger partial charge in [0.15, 0.2) is 0 Å². The van der Waals surface area contributed by atoms with E-state index in [0.717, 1.165) is 16.7 Å². The molecule has 3 aliphatic rings. The summed E-state index contributed by atoms with van der Waals surface area (Å²) in [4.78, 5) is 62.9. The van der Waals surface area contributed by atoms with Gasteiger partial charge < -0.3 is 4.90 Å². The number of carbonyl (C=O) groups is 5. The highest BCUT2D eigenvalue weighted by atomic mass is 16.2. The van der Waals surface area contributed by atoms with E-state index >= 15 is 0 Å². The van der Waals surface area contributed by atoms with Gasteiger partial charge in [-0.05, 0) is 24.3 Å². The maximum absolute atomic E-state index is 12.8. The molecule has 0 aliphatic carbocycles. The molecule has 8 heteroatoms. The van der Waals surface area contributed by atoms with E-state index in [0.29, 0.717) is 25.9 Å². The van der Waals surface area contributed by atoms with Crippen LogP contribution in [0.15, 0.2) is 30.4 Å². The minimum Gasteiger partial charge on any atom is -0.371 e. The van der Waals surface area contributed by atoms with Crippen molar-refractivity contribution >= 4 is 35.1 Å². The number of nitrogens with zero attached hydrogens (tertiary/aromatic N) is 2. The maximum atomic E-state index is 12.8. The molecule has 4 amide bonds. The highest BCUT2D eigenvalue weighted by molar-refractivity contribution is 6.24. The van der Waals surface area contributed by atoms with E-state index < -0.39 is 29.7 Å². The lowest BCUT2D eigenvalue weighted by Crippen LogP contribution is -2.51. The molecule has 1 atom stereocenters. The Labute approximate surface area is 148 Å². The molecule has 4 rings (SSSR count). The second-order valence-corrected chi connectivity index (χ2v) is 6.39. The van der Waals surface area contributed by atoms with Crippen LogP contribution in [0, 0.1) is 0 Å². The van der Waals surface area contributed by atoms with Crippen molar-refractivity contribution in [3.05, 3.63) is 41.5 Å². The van der Waals surface area contributed by atoms with Gasteiger partial charge in [-0.15, -0.1) is 0 Å². The third kappa shape index (κ3) is 2.50. The SMILES string of the molecule is O=C1CCN(c2ccc3c(c2)C(=O)N(C2C=CC(=O)NC2=O)C3=O)CC1. The summed E-state index contributed by atoms with van der Waals surface area (Å²) in [6, 6.07) is 3.79. The zero-order valence-corrected chi connectivity index (χ0v) is 13.7. The first kappa shape index (κ1) is 16.2. The summed E-state index contributed by atoms with van der Waals surface area (Å²) in [6.07, 6.45) is 3.29. The molecule has 1 aromatic rings. The molecule has 0 bridgehead atoms. The van der Waals surface area contributed by atoms with E-state index in [-0.39, 0.29) is 16.9 Å². The molecule has 1 unspecified atom stereocenters. The van der Waals surface area contributed by atoms with Crippen LogP contribution in [0.3, 0.4) is 0 Å². The lowest BCUT2D eigenvalue weighted by atomic mass is 10.1. The van der Waals surface area contributed by atoms with Gasteiger partial charge in [-0.2, -0.15) is 0 Å². The number of hydrogen-bond acceptors (Lipinski definition) is 6. The van der Waals surface area contributed by atoms with Gasteiger partial charge in [0.05, 0.1) is 11.1 Å². The smallest absolute Gasteiger partial charge is 0.262 e. The van der Waals surface area contributed by atoms with Crippen LogP contribution in [0.1, 0.15) is 33.6 Å². The number of piperidine rings is 1. The fourth-order valence-corrected chi connectivity index (χ4v) is 3.42. The van der Waals surface area contributed by atoms with Crippen molar-refractivity contribution < 1.29 is 24.0 Å². The topological polar surface area (TPSA) is 104 Å². The summed E-state index contributed by atoms with van der Waals surface area (Å²) in [5.74, 6) is -2.21. The summed E-state index contributed by atoms with van der Waals surface area (Å²) in [6.45, 7) is 1.14. The summed E-state index contributed by atoms with van der Waals surface area (Å²) < 4.78 is 0. The molecule has 132 valence electrons. The first-order valence-corrected chi connectivity index (χ1v) is 8.27. The average molecular weight is 353 g/mol. The van der Waals surface area contributed by atoms with Gasteiger partial charge in [0, 0.05) is 37.7 Å². The number of nitrogens with one attached hydrogen (secondary N) is 1. The van der Waals surface area contributed by atoms with Crippen molar-refractivity contribution in [3.8, 4) is 0 Å².